The van der Waals surface area contributed by atoms with Crippen LogP contribution >= 0.6 is 11.3 Å². The molecule has 2 heterocycles. The van der Waals surface area contributed by atoms with Crippen LogP contribution in [0.3, 0.4) is 0 Å². The van der Waals surface area contributed by atoms with Gasteiger partial charge in [0, 0.05) is 13.1 Å². The summed E-state index contributed by atoms with van der Waals surface area (Å²) in [4.78, 5) is 22.6. The number of primary amides is 1. The lowest BCUT2D eigenvalue weighted by Gasteiger charge is -2.25. The number of anilines is 1. The van der Waals surface area contributed by atoms with Crippen molar-refractivity contribution >= 4 is 28.2 Å². The molecule has 1 saturated heterocycles. The molecule has 1 fully saturated rings. The molecular formula is C9H11N3O2S. The first-order chi connectivity index (χ1) is 7.18. The zero-order valence-electron chi connectivity index (χ0n) is 7.95. The molecule has 0 aromatic carbocycles. The highest BCUT2D eigenvalue weighted by Gasteiger charge is 2.25. The van der Waals surface area contributed by atoms with E-state index in [0.717, 1.165) is 0 Å². The van der Waals surface area contributed by atoms with Crippen molar-refractivity contribution in [2.75, 3.05) is 18.4 Å². The van der Waals surface area contributed by atoms with E-state index in [4.69, 9.17) is 5.73 Å². The molecule has 4 N–H and O–H groups in total. The van der Waals surface area contributed by atoms with Gasteiger partial charge in [0.25, 0.3) is 5.91 Å². The van der Waals surface area contributed by atoms with E-state index in [9.17, 15) is 9.59 Å². The van der Waals surface area contributed by atoms with Crippen LogP contribution in [-0.2, 0) is 4.79 Å². The predicted molar refractivity (Wildman–Crippen MR) is 57.8 cm³/mol. The summed E-state index contributed by atoms with van der Waals surface area (Å²) in [5, 5.41) is 7.99. The van der Waals surface area contributed by atoms with Crippen LogP contribution in [-0.4, -0.2) is 24.9 Å². The van der Waals surface area contributed by atoms with Crippen molar-refractivity contribution in [2.24, 2.45) is 11.7 Å². The molecule has 0 unspecified atom stereocenters. The van der Waals surface area contributed by atoms with E-state index in [1.54, 1.807) is 11.4 Å². The lowest BCUT2D eigenvalue weighted by Crippen LogP contribution is -2.48. The predicted octanol–water partition coefficient (Wildman–Crippen LogP) is 0.00490. The number of nitrogens with one attached hydrogen (secondary N) is 2. The summed E-state index contributed by atoms with van der Waals surface area (Å²) >= 11 is 1.31. The normalized spacial score (nSPS) is 15.7. The van der Waals surface area contributed by atoms with Crippen LogP contribution in [0.15, 0.2) is 11.4 Å². The largest absolute Gasteiger partial charge is 0.366 e. The Bertz CT molecular complexity index is 398. The van der Waals surface area contributed by atoms with Gasteiger partial charge in [-0.25, -0.2) is 0 Å². The number of amides is 2. The summed E-state index contributed by atoms with van der Waals surface area (Å²) < 4.78 is 0. The molecule has 0 bridgehead atoms. The third-order valence-electron chi connectivity index (χ3n) is 2.32. The molecule has 1 aromatic rings. The summed E-state index contributed by atoms with van der Waals surface area (Å²) in [5.41, 5.74) is 5.54. The number of thiophene rings is 1. The van der Waals surface area contributed by atoms with Crippen LogP contribution in [0.5, 0.6) is 0 Å². The van der Waals surface area contributed by atoms with Crippen LogP contribution in [0.4, 0.5) is 5.00 Å². The Labute approximate surface area is 90.7 Å². The van der Waals surface area contributed by atoms with Gasteiger partial charge in [-0.05, 0) is 11.4 Å². The Morgan fingerprint density at radius 2 is 2.27 bits per heavy atom. The molecule has 0 radical (unpaired) electrons. The molecule has 2 rings (SSSR count). The van der Waals surface area contributed by atoms with Crippen molar-refractivity contribution in [1.29, 1.82) is 0 Å². The minimum atomic E-state index is -0.515. The zero-order valence-corrected chi connectivity index (χ0v) is 8.76. The van der Waals surface area contributed by atoms with E-state index < -0.39 is 5.91 Å². The Kier molecular flexibility index (Phi) is 2.70. The molecule has 15 heavy (non-hydrogen) atoms. The van der Waals surface area contributed by atoms with Crippen molar-refractivity contribution in [3.8, 4) is 0 Å². The fourth-order valence-electron chi connectivity index (χ4n) is 1.29. The highest BCUT2D eigenvalue weighted by Crippen LogP contribution is 2.23. The van der Waals surface area contributed by atoms with E-state index in [2.05, 4.69) is 10.6 Å². The van der Waals surface area contributed by atoms with Crippen molar-refractivity contribution in [1.82, 2.24) is 5.32 Å². The molecule has 1 aliphatic rings. The first kappa shape index (κ1) is 10.1. The Morgan fingerprint density at radius 1 is 1.53 bits per heavy atom. The van der Waals surface area contributed by atoms with Gasteiger partial charge in [0.05, 0.1) is 11.5 Å². The van der Waals surface area contributed by atoms with Gasteiger partial charge in [-0.2, -0.15) is 0 Å². The highest BCUT2D eigenvalue weighted by molar-refractivity contribution is 7.14. The van der Waals surface area contributed by atoms with Gasteiger partial charge in [0.2, 0.25) is 5.91 Å². The summed E-state index contributed by atoms with van der Waals surface area (Å²) in [6.45, 7) is 1.40. The molecule has 80 valence electrons. The summed E-state index contributed by atoms with van der Waals surface area (Å²) in [6, 6.07) is 1.61. The minimum Gasteiger partial charge on any atom is -0.366 e. The summed E-state index contributed by atoms with van der Waals surface area (Å²) in [7, 11) is 0. The van der Waals surface area contributed by atoms with Crippen molar-refractivity contribution in [2.45, 2.75) is 0 Å². The van der Waals surface area contributed by atoms with Gasteiger partial charge >= 0.3 is 0 Å². The second kappa shape index (κ2) is 4.00. The Balaban J connectivity index is 2.06. The molecule has 1 aliphatic heterocycles. The van der Waals surface area contributed by atoms with E-state index in [-0.39, 0.29) is 11.8 Å². The maximum Gasteiger partial charge on any atom is 0.251 e. The quantitative estimate of drug-likeness (QED) is 0.677. The average Bonchev–Trinajstić information content (AvgIpc) is 2.48. The minimum absolute atomic E-state index is 0.00725. The van der Waals surface area contributed by atoms with Gasteiger partial charge in [0.15, 0.2) is 0 Å². The van der Waals surface area contributed by atoms with Gasteiger partial charge in [-0.15, -0.1) is 11.3 Å². The van der Waals surface area contributed by atoms with Crippen molar-refractivity contribution < 1.29 is 9.59 Å². The second-order valence-corrected chi connectivity index (χ2v) is 4.29. The number of hydrogen-bond acceptors (Lipinski definition) is 4. The second-order valence-electron chi connectivity index (χ2n) is 3.37. The van der Waals surface area contributed by atoms with Gasteiger partial charge in [-0.3, -0.25) is 9.59 Å². The van der Waals surface area contributed by atoms with E-state index in [0.29, 0.717) is 23.7 Å². The maximum atomic E-state index is 11.6. The lowest BCUT2D eigenvalue weighted by molar-refractivity contribution is -0.121. The van der Waals surface area contributed by atoms with Crippen LogP contribution in [0, 0.1) is 5.92 Å². The molecule has 6 heteroatoms. The van der Waals surface area contributed by atoms with Crippen LogP contribution in [0.25, 0.3) is 0 Å². The molecule has 1 aromatic heterocycles. The molecule has 5 nitrogen and oxygen atoms in total. The first-order valence-corrected chi connectivity index (χ1v) is 5.45. The summed E-state index contributed by atoms with van der Waals surface area (Å²) in [6.07, 6.45) is 0. The number of nitrogens with two attached hydrogens (primary N) is 1. The van der Waals surface area contributed by atoms with E-state index in [1.165, 1.54) is 11.3 Å². The third-order valence-corrected chi connectivity index (χ3v) is 3.15. The third kappa shape index (κ3) is 2.00. The van der Waals surface area contributed by atoms with Crippen LogP contribution < -0.4 is 16.4 Å². The molecule has 0 spiro atoms. The summed E-state index contributed by atoms with van der Waals surface area (Å²) in [5.74, 6) is -0.565. The SMILES string of the molecule is NC(=O)c1ccsc1NC(=O)C1CNC1. The highest BCUT2D eigenvalue weighted by atomic mass is 32.1. The fraction of sp³-hybridized carbons (Fsp3) is 0.333. The Morgan fingerprint density at radius 3 is 2.80 bits per heavy atom. The van der Waals surface area contributed by atoms with Crippen molar-refractivity contribution in [3.05, 3.63) is 17.0 Å². The molecule has 0 saturated carbocycles. The standard InChI is InChI=1S/C9H11N3O2S/c10-7(13)6-1-2-15-9(6)12-8(14)5-3-11-4-5/h1-2,5,11H,3-4H2,(H2,10,13)(H,12,14). The van der Waals surface area contributed by atoms with E-state index >= 15 is 0 Å². The monoisotopic (exact) mass is 225 g/mol. The van der Waals surface area contributed by atoms with Gasteiger partial charge in [-0.1, -0.05) is 0 Å². The van der Waals surface area contributed by atoms with Crippen LogP contribution in [0.1, 0.15) is 10.4 Å². The van der Waals surface area contributed by atoms with Crippen LogP contribution in [0.2, 0.25) is 0 Å². The number of hydrogen-bond donors (Lipinski definition) is 3. The first-order valence-electron chi connectivity index (χ1n) is 4.57. The average molecular weight is 225 g/mol. The molecule has 0 atom stereocenters. The molecular weight excluding hydrogens is 214 g/mol. The molecule has 2 amide bonds. The number of carbonyl (C=O) groups is 2. The number of carbonyl (C=O) groups excluding carboxylic acids is 2. The van der Waals surface area contributed by atoms with Gasteiger partial charge in [0.1, 0.15) is 5.00 Å². The lowest BCUT2D eigenvalue weighted by atomic mass is 10.0. The topological polar surface area (TPSA) is 84.2 Å². The number of rotatable bonds is 3. The van der Waals surface area contributed by atoms with Crippen molar-refractivity contribution in [3.63, 3.8) is 0 Å². The maximum absolute atomic E-state index is 11.6. The fourth-order valence-corrected chi connectivity index (χ4v) is 2.08. The smallest absolute Gasteiger partial charge is 0.251 e. The van der Waals surface area contributed by atoms with Gasteiger partial charge < -0.3 is 16.4 Å². The Hall–Kier alpha value is -1.40. The zero-order chi connectivity index (χ0) is 10.8. The molecule has 0 aliphatic carbocycles. The van der Waals surface area contributed by atoms with E-state index in [1.807, 2.05) is 0 Å².